The van der Waals surface area contributed by atoms with E-state index in [0.29, 0.717) is 36.8 Å². The van der Waals surface area contributed by atoms with Crippen LogP contribution in [0.3, 0.4) is 0 Å². The monoisotopic (exact) mass is 267 g/mol. The minimum absolute atomic E-state index is 0.160. The minimum atomic E-state index is -0.765. The van der Waals surface area contributed by atoms with Crippen molar-refractivity contribution in [2.24, 2.45) is 5.92 Å². The molecule has 0 radical (unpaired) electrons. The van der Waals surface area contributed by atoms with Gasteiger partial charge in [-0.1, -0.05) is 19.0 Å². The third-order valence-corrected chi connectivity index (χ3v) is 3.11. The van der Waals surface area contributed by atoms with Gasteiger partial charge in [0.2, 0.25) is 5.89 Å². The van der Waals surface area contributed by atoms with Crippen molar-refractivity contribution in [2.75, 3.05) is 6.54 Å². The largest absolute Gasteiger partial charge is 0.481 e. The van der Waals surface area contributed by atoms with Gasteiger partial charge in [0.1, 0.15) is 0 Å². The highest BCUT2D eigenvalue weighted by atomic mass is 16.5. The lowest BCUT2D eigenvalue weighted by atomic mass is 10.1. The maximum atomic E-state index is 10.6. The molecule has 1 N–H and O–H groups in total. The third kappa shape index (κ3) is 4.63. The van der Waals surface area contributed by atoms with Crippen molar-refractivity contribution < 1.29 is 14.4 Å². The Morgan fingerprint density at radius 3 is 2.84 bits per heavy atom. The first kappa shape index (κ1) is 14.0. The second kappa shape index (κ2) is 6.14. The number of hydrogen-bond acceptors (Lipinski definition) is 5. The van der Waals surface area contributed by atoms with Crippen LogP contribution in [-0.4, -0.2) is 38.7 Å². The Kier molecular flexibility index (Phi) is 4.52. The zero-order chi connectivity index (χ0) is 13.8. The van der Waals surface area contributed by atoms with Gasteiger partial charge >= 0.3 is 5.97 Å². The molecular weight excluding hydrogens is 246 g/mol. The first-order valence-corrected chi connectivity index (χ1v) is 6.82. The summed E-state index contributed by atoms with van der Waals surface area (Å²) >= 11 is 0. The maximum Gasteiger partial charge on any atom is 0.304 e. The average Bonchev–Trinajstić information content (AvgIpc) is 3.07. The highest BCUT2D eigenvalue weighted by Crippen LogP contribution is 2.28. The molecule has 1 aliphatic carbocycles. The Bertz CT molecular complexity index is 427. The first-order valence-electron chi connectivity index (χ1n) is 6.82. The molecule has 6 heteroatoms. The number of nitrogens with zero attached hydrogens (tertiary/aromatic N) is 3. The van der Waals surface area contributed by atoms with Crippen LogP contribution < -0.4 is 0 Å². The Hall–Kier alpha value is -1.43. The van der Waals surface area contributed by atoms with Crippen molar-refractivity contribution in [2.45, 2.75) is 52.1 Å². The van der Waals surface area contributed by atoms with E-state index in [4.69, 9.17) is 9.63 Å². The Balaban J connectivity index is 1.89. The molecule has 6 nitrogen and oxygen atoms in total. The predicted octanol–water partition coefficient (Wildman–Crippen LogP) is 1.71. The van der Waals surface area contributed by atoms with Crippen molar-refractivity contribution >= 4 is 5.97 Å². The van der Waals surface area contributed by atoms with Crippen molar-refractivity contribution in [3.05, 3.63) is 11.7 Å². The van der Waals surface area contributed by atoms with E-state index in [0.717, 1.165) is 19.3 Å². The van der Waals surface area contributed by atoms with Crippen molar-refractivity contribution in [1.29, 1.82) is 0 Å². The van der Waals surface area contributed by atoms with Gasteiger partial charge < -0.3 is 9.63 Å². The van der Waals surface area contributed by atoms with Crippen molar-refractivity contribution in [1.82, 2.24) is 15.0 Å². The summed E-state index contributed by atoms with van der Waals surface area (Å²) in [7, 11) is 0. The van der Waals surface area contributed by atoms with E-state index in [9.17, 15) is 4.79 Å². The molecule has 0 bridgehead atoms. The lowest BCUT2D eigenvalue weighted by molar-refractivity contribution is -0.137. The molecule has 1 aliphatic rings. The van der Waals surface area contributed by atoms with Crippen LogP contribution in [0.5, 0.6) is 0 Å². The highest BCUT2D eigenvalue weighted by Gasteiger charge is 2.30. The zero-order valence-electron chi connectivity index (χ0n) is 11.5. The molecule has 0 aliphatic heterocycles. The van der Waals surface area contributed by atoms with Gasteiger partial charge in [-0.2, -0.15) is 4.98 Å². The predicted molar refractivity (Wildman–Crippen MR) is 68.5 cm³/mol. The quantitative estimate of drug-likeness (QED) is 0.772. The zero-order valence-corrected chi connectivity index (χ0v) is 11.5. The SMILES string of the molecule is CC(C)Cc1nc(CN(CCC(=O)O)C2CC2)no1. The molecule has 19 heavy (non-hydrogen) atoms. The lowest BCUT2D eigenvalue weighted by Gasteiger charge is -2.18. The molecule has 0 atom stereocenters. The van der Waals surface area contributed by atoms with Gasteiger partial charge in [-0.05, 0) is 18.8 Å². The van der Waals surface area contributed by atoms with Crippen molar-refractivity contribution in [3.8, 4) is 0 Å². The van der Waals surface area contributed by atoms with Crippen LogP contribution in [0.15, 0.2) is 4.52 Å². The van der Waals surface area contributed by atoms with Crippen LogP contribution in [0.1, 0.15) is 44.8 Å². The van der Waals surface area contributed by atoms with E-state index >= 15 is 0 Å². The summed E-state index contributed by atoms with van der Waals surface area (Å²) in [6, 6.07) is 0.492. The molecule has 1 aromatic rings. The molecule has 0 saturated heterocycles. The van der Waals surface area contributed by atoms with Crippen LogP contribution >= 0.6 is 0 Å². The topological polar surface area (TPSA) is 79.5 Å². The summed E-state index contributed by atoms with van der Waals surface area (Å²) in [5.41, 5.74) is 0. The fraction of sp³-hybridized carbons (Fsp3) is 0.769. The average molecular weight is 267 g/mol. The number of aromatic nitrogens is 2. The fourth-order valence-corrected chi connectivity index (χ4v) is 2.04. The van der Waals surface area contributed by atoms with Gasteiger partial charge in [0, 0.05) is 19.0 Å². The van der Waals surface area contributed by atoms with Gasteiger partial charge in [-0.3, -0.25) is 9.69 Å². The highest BCUT2D eigenvalue weighted by molar-refractivity contribution is 5.66. The summed E-state index contributed by atoms with van der Waals surface area (Å²) < 4.78 is 5.20. The van der Waals surface area contributed by atoms with Gasteiger partial charge in [0.25, 0.3) is 0 Å². The second-order valence-corrected chi connectivity index (χ2v) is 5.55. The first-order chi connectivity index (χ1) is 9.04. The number of rotatable bonds is 8. The van der Waals surface area contributed by atoms with E-state index in [2.05, 4.69) is 28.9 Å². The Morgan fingerprint density at radius 2 is 2.26 bits per heavy atom. The van der Waals surface area contributed by atoms with Gasteiger partial charge in [0.15, 0.2) is 5.82 Å². The van der Waals surface area contributed by atoms with Gasteiger partial charge in [-0.15, -0.1) is 0 Å². The Labute approximate surface area is 112 Å². The normalized spacial score (nSPS) is 15.4. The summed E-state index contributed by atoms with van der Waals surface area (Å²) in [5.74, 6) is 1.05. The van der Waals surface area contributed by atoms with E-state index in [1.54, 1.807) is 0 Å². The van der Waals surface area contributed by atoms with Crippen LogP contribution in [-0.2, 0) is 17.8 Å². The number of aliphatic carboxylic acids is 1. The van der Waals surface area contributed by atoms with Gasteiger partial charge in [0.05, 0.1) is 13.0 Å². The summed E-state index contributed by atoms with van der Waals surface area (Å²) in [6.45, 7) is 5.34. The fourth-order valence-electron chi connectivity index (χ4n) is 2.04. The van der Waals surface area contributed by atoms with E-state index < -0.39 is 5.97 Å². The van der Waals surface area contributed by atoms with Gasteiger partial charge in [-0.25, -0.2) is 0 Å². The molecule has 0 aromatic carbocycles. The molecule has 0 spiro atoms. The molecule has 1 heterocycles. The minimum Gasteiger partial charge on any atom is -0.481 e. The molecule has 1 fully saturated rings. The summed E-state index contributed by atoms with van der Waals surface area (Å²) in [5, 5.41) is 12.7. The van der Waals surface area contributed by atoms with Crippen LogP contribution in [0.2, 0.25) is 0 Å². The summed E-state index contributed by atoms with van der Waals surface area (Å²) in [6.07, 6.45) is 3.21. The standard InChI is InChI=1S/C13H21N3O3/c1-9(2)7-12-14-11(15-19-12)8-16(10-3-4-10)6-5-13(17)18/h9-10H,3-8H2,1-2H3,(H,17,18). The van der Waals surface area contributed by atoms with E-state index in [1.807, 2.05) is 0 Å². The molecule has 1 saturated carbocycles. The van der Waals surface area contributed by atoms with E-state index in [1.165, 1.54) is 0 Å². The van der Waals surface area contributed by atoms with Crippen molar-refractivity contribution in [3.63, 3.8) is 0 Å². The molecule has 0 amide bonds. The maximum absolute atomic E-state index is 10.6. The number of hydrogen-bond donors (Lipinski definition) is 1. The summed E-state index contributed by atoms with van der Waals surface area (Å²) in [4.78, 5) is 17.1. The number of carboxylic acid groups (broad SMARTS) is 1. The second-order valence-electron chi connectivity index (χ2n) is 5.55. The Morgan fingerprint density at radius 1 is 1.53 bits per heavy atom. The third-order valence-electron chi connectivity index (χ3n) is 3.11. The smallest absolute Gasteiger partial charge is 0.304 e. The molecular formula is C13H21N3O3. The lowest BCUT2D eigenvalue weighted by Crippen LogP contribution is -2.28. The van der Waals surface area contributed by atoms with Crippen LogP contribution in [0.4, 0.5) is 0 Å². The molecule has 1 aromatic heterocycles. The number of carbonyl (C=O) groups is 1. The molecule has 106 valence electrons. The van der Waals surface area contributed by atoms with Crippen LogP contribution in [0.25, 0.3) is 0 Å². The molecule has 0 unspecified atom stereocenters. The molecule has 2 rings (SSSR count). The van der Waals surface area contributed by atoms with E-state index in [-0.39, 0.29) is 6.42 Å². The number of carboxylic acids is 1. The van der Waals surface area contributed by atoms with Crippen LogP contribution in [0, 0.1) is 5.92 Å².